The maximum absolute atomic E-state index is 12.0. The molecule has 0 bridgehead atoms. The van der Waals surface area contributed by atoms with E-state index in [-0.39, 0.29) is 22.9 Å². The molecule has 6 nitrogen and oxygen atoms in total. The van der Waals surface area contributed by atoms with Gasteiger partial charge in [-0.05, 0) is 29.6 Å². The van der Waals surface area contributed by atoms with E-state index in [1.54, 1.807) is 0 Å². The first-order chi connectivity index (χ1) is 10.4. The highest BCUT2D eigenvalue weighted by atomic mass is 16.5. The number of aromatic hydroxyl groups is 1. The first-order valence-electron chi connectivity index (χ1n) is 8.08. The van der Waals surface area contributed by atoms with E-state index in [4.69, 9.17) is 4.74 Å². The summed E-state index contributed by atoms with van der Waals surface area (Å²) in [4.78, 5) is 25.5. The fraction of sp³-hybridized carbons (Fsp3) is 0.765. The second-order valence-electron chi connectivity index (χ2n) is 8.78. The summed E-state index contributed by atoms with van der Waals surface area (Å²) >= 11 is 0. The highest BCUT2D eigenvalue weighted by molar-refractivity contribution is 5.10. The van der Waals surface area contributed by atoms with Crippen LogP contribution in [0.3, 0.4) is 0 Å². The SMILES string of the molecule is CC(C)(C)C[C@H]1O[C@@H](n2cc(O)c(=O)[nH]c2=O)CC1C(C)(C)C. The number of nitrogens with zero attached hydrogens (tertiary/aromatic N) is 1. The summed E-state index contributed by atoms with van der Waals surface area (Å²) in [6.07, 6.45) is 2.29. The maximum Gasteiger partial charge on any atom is 0.330 e. The molecule has 2 heterocycles. The molecule has 0 aromatic carbocycles. The van der Waals surface area contributed by atoms with E-state index in [0.717, 1.165) is 6.42 Å². The summed E-state index contributed by atoms with van der Waals surface area (Å²) < 4.78 is 7.46. The second-order valence-corrected chi connectivity index (χ2v) is 8.78. The molecule has 1 aliphatic rings. The summed E-state index contributed by atoms with van der Waals surface area (Å²) in [6, 6.07) is 0. The molecule has 0 saturated carbocycles. The van der Waals surface area contributed by atoms with E-state index >= 15 is 0 Å². The van der Waals surface area contributed by atoms with Gasteiger partial charge in [0.1, 0.15) is 6.23 Å². The van der Waals surface area contributed by atoms with Crippen molar-refractivity contribution in [2.75, 3.05) is 0 Å². The minimum atomic E-state index is -0.775. The minimum Gasteiger partial charge on any atom is -0.502 e. The molecule has 2 rings (SSSR count). The van der Waals surface area contributed by atoms with Crippen LogP contribution in [-0.2, 0) is 4.74 Å². The Kier molecular flexibility index (Phi) is 4.50. The van der Waals surface area contributed by atoms with Crippen LogP contribution in [0, 0.1) is 16.7 Å². The zero-order valence-electron chi connectivity index (χ0n) is 14.8. The van der Waals surface area contributed by atoms with Crippen LogP contribution in [-0.4, -0.2) is 20.8 Å². The molecule has 130 valence electrons. The fourth-order valence-corrected chi connectivity index (χ4v) is 3.29. The van der Waals surface area contributed by atoms with Crippen LogP contribution in [0.1, 0.15) is 60.6 Å². The fourth-order valence-electron chi connectivity index (χ4n) is 3.29. The molecule has 2 N–H and O–H groups in total. The van der Waals surface area contributed by atoms with Crippen molar-refractivity contribution in [1.29, 1.82) is 0 Å². The topological polar surface area (TPSA) is 84.3 Å². The van der Waals surface area contributed by atoms with Crippen LogP contribution in [0.5, 0.6) is 5.75 Å². The number of aromatic nitrogens is 2. The highest BCUT2D eigenvalue weighted by Gasteiger charge is 2.44. The average Bonchev–Trinajstić information content (AvgIpc) is 2.75. The molecule has 1 aromatic rings. The minimum absolute atomic E-state index is 0.0287. The van der Waals surface area contributed by atoms with Crippen molar-refractivity contribution < 1.29 is 9.84 Å². The Hall–Kier alpha value is -1.56. The molecule has 3 atom stereocenters. The van der Waals surface area contributed by atoms with Crippen LogP contribution >= 0.6 is 0 Å². The molecule has 0 radical (unpaired) electrons. The third kappa shape index (κ3) is 4.05. The van der Waals surface area contributed by atoms with Crippen molar-refractivity contribution in [3.63, 3.8) is 0 Å². The van der Waals surface area contributed by atoms with Crippen LogP contribution in [0.25, 0.3) is 0 Å². The number of ether oxygens (including phenoxy) is 1. The van der Waals surface area contributed by atoms with Gasteiger partial charge in [0.05, 0.1) is 12.3 Å². The van der Waals surface area contributed by atoms with Gasteiger partial charge in [-0.1, -0.05) is 41.5 Å². The smallest absolute Gasteiger partial charge is 0.330 e. The normalized spacial score (nSPS) is 25.7. The Morgan fingerprint density at radius 1 is 1.26 bits per heavy atom. The van der Waals surface area contributed by atoms with Crippen molar-refractivity contribution in [1.82, 2.24) is 9.55 Å². The monoisotopic (exact) mass is 324 g/mol. The van der Waals surface area contributed by atoms with Gasteiger partial charge in [-0.15, -0.1) is 0 Å². The first-order valence-corrected chi connectivity index (χ1v) is 8.08. The van der Waals surface area contributed by atoms with Crippen LogP contribution in [0.15, 0.2) is 15.8 Å². The number of rotatable bonds is 2. The van der Waals surface area contributed by atoms with Crippen molar-refractivity contribution >= 4 is 0 Å². The lowest BCUT2D eigenvalue weighted by Gasteiger charge is -2.33. The van der Waals surface area contributed by atoms with E-state index in [0.29, 0.717) is 6.42 Å². The van der Waals surface area contributed by atoms with Gasteiger partial charge in [0, 0.05) is 0 Å². The summed E-state index contributed by atoms with van der Waals surface area (Å²) in [5.41, 5.74) is -1.18. The lowest BCUT2D eigenvalue weighted by atomic mass is 9.73. The second kappa shape index (κ2) is 5.82. The van der Waals surface area contributed by atoms with Crippen molar-refractivity contribution in [3.8, 4) is 5.75 Å². The Bertz CT molecular complexity index is 676. The van der Waals surface area contributed by atoms with E-state index < -0.39 is 23.2 Å². The summed E-state index contributed by atoms with van der Waals surface area (Å²) in [5.74, 6) is -0.188. The van der Waals surface area contributed by atoms with E-state index in [1.807, 2.05) is 0 Å². The van der Waals surface area contributed by atoms with Gasteiger partial charge in [0.25, 0.3) is 5.56 Å². The molecular formula is C17H28N2O4. The predicted molar refractivity (Wildman–Crippen MR) is 88.5 cm³/mol. The van der Waals surface area contributed by atoms with Gasteiger partial charge in [0.15, 0.2) is 5.75 Å². The van der Waals surface area contributed by atoms with Crippen molar-refractivity contribution in [3.05, 3.63) is 27.0 Å². The number of hydrogen-bond donors (Lipinski definition) is 2. The van der Waals surface area contributed by atoms with Crippen LogP contribution < -0.4 is 11.2 Å². The Morgan fingerprint density at radius 3 is 2.39 bits per heavy atom. The Balaban J connectivity index is 2.35. The van der Waals surface area contributed by atoms with E-state index in [2.05, 4.69) is 46.5 Å². The third-order valence-corrected chi connectivity index (χ3v) is 4.42. The Labute approximate surface area is 136 Å². The molecule has 1 unspecified atom stereocenters. The zero-order chi connectivity index (χ0) is 17.6. The lowest BCUT2D eigenvalue weighted by Crippen LogP contribution is -2.32. The number of H-pyrrole nitrogens is 1. The zero-order valence-corrected chi connectivity index (χ0v) is 14.8. The average molecular weight is 324 g/mol. The van der Waals surface area contributed by atoms with Gasteiger partial charge in [0.2, 0.25) is 0 Å². The summed E-state index contributed by atoms with van der Waals surface area (Å²) in [7, 11) is 0. The number of nitrogens with one attached hydrogen (secondary N) is 1. The molecule has 1 aromatic heterocycles. The Morgan fingerprint density at radius 2 is 1.87 bits per heavy atom. The van der Waals surface area contributed by atoms with E-state index in [9.17, 15) is 14.7 Å². The molecule has 1 fully saturated rings. The quantitative estimate of drug-likeness (QED) is 0.876. The van der Waals surface area contributed by atoms with Gasteiger partial charge in [-0.2, -0.15) is 0 Å². The summed E-state index contributed by atoms with van der Waals surface area (Å²) in [6.45, 7) is 13.0. The standard InChI is InChI=1S/C17H28N2O4/c1-16(2,3)8-12-10(17(4,5)6)7-13(23-12)19-9-11(20)14(21)18-15(19)22/h9-10,12-13,20H,7-8H2,1-6H3,(H,18,21,22)/t10?,12-,13-/m1/s1. The largest absolute Gasteiger partial charge is 0.502 e. The molecule has 0 amide bonds. The third-order valence-electron chi connectivity index (χ3n) is 4.42. The number of aromatic amines is 1. The molecular weight excluding hydrogens is 296 g/mol. The van der Waals surface area contributed by atoms with Gasteiger partial charge in [-0.25, -0.2) is 4.79 Å². The molecule has 0 spiro atoms. The summed E-state index contributed by atoms with van der Waals surface area (Å²) in [5, 5.41) is 9.60. The molecule has 6 heteroatoms. The molecule has 23 heavy (non-hydrogen) atoms. The van der Waals surface area contributed by atoms with Crippen molar-refractivity contribution in [2.45, 2.75) is 66.7 Å². The van der Waals surface area contributed by atoms with Gasteiger partial charge in [-0.3, -0.25) is 14.3 Å². The van der Waals surface area contributed by atoms with Crippen LogP contribution in [0.4, 0.5) is 0 Å². The maximum atomic E-state index is 12.0. The lowest BCUT2D eigenvalue weighted by molar-refractivity contribution is -0.0344. The molecule has 0 aliphatic carbocycles. The van der Waals surface area contributed by atoms with E-state index in [1.165, 1.54) is 10.8 Å². The molecule has 1 saturated heterocycles. The first kappa shape index (κ1) is 17.8. The molecule has 1 aliphatic heterocycles. The van der Waals surface area contributed by atoms with Gasteiger partial charge >= 0.3 is 5.69 Å². The number of hydrogen-bond acceptors (Lipinski definition) is 4. The highest BCUT2D eigenvalue weighted by Crippen LogP contribution is 2.46. The van der Waals surface area contributed by atoms with Crippen LogP contribution in [0.2, 0.25) is 0 Å². The van der Waals surface area contributed by atoms with Gasteiger partial charge < -0.3 is 9.84 Å². The predicted octanol–water partition coefficient (Wildman–Crippen LogP) is 2.63. The van der Waals surface area contributed by atoms with Crippen molar-refractivity contribution in [2.24, 2.45) is 16.7 Å².